The van der Waals surface area contributed by atoms with Gasteiger partial charge in [-0.25, -0.2) is 8.42 Å². The second kappa shape index (κ2) is 7.42. The van der Waals surface area contributed by atoms with Crippen molar-refractivity contribution in [2.24, 2.45) is 5.92 Å². The van der Waals surface area contributed by atoms with E-state index < -0.39 is 9.84 Å². The van der Waals surface area contributed by atoms with Crippen molar-refractivity contribution in [2.75, 3.05) is 37.4 Å². The largest absolute Gasteiger partial charge is 0.382 e. The molecular weight excluding hydrogens is 308 g/mol. The van der Waals surface area contributed by atoms with E-state index in [0.29, 0.717) is 17.3 Å². The van der Waals surface area contributed by atoms with Gasteiger partial charge in [0.1, 0.15) is 9.90 Å². The van der Waals surface area contributed by atoms with Crippen LogP contribution < -0.4 is 11.1 Å². The van der Waals surface area contributed by atoms with Gasteiger partial charge in [0.15, 0.2) is 15.7 Å². The number of sulfone groups is 1. The van der Waals surface area contributed by atoms with Crippen LogP contribution in [0.2, 0.25) is 0 Å². The quantitative estimate of drug-likeness (QED) is 0.755. The summed E-state index contributed by atoms with van der Waals surface area (Å²) in [6, 6.07) is 0.135. The average molecular weight is 335 g/mol. The van der Waals surface area contributed by atoms with E-state index in [0.717, 1.165) is 18.1 Å². The fourth-order valence-corrected chi connectivity index (χ4v) is 4.71. The molecule has 0 amide bonds. The molecule has 1 aromatic rings. The fraction of sp³-hybridized carbons (Fsp3) is 0.769. The van der Waals surface area contributed by atoms with Crippen LogP contribution in [0.25, 0.3) is 0 Å². The van der Waals surface area contributed by atoms with E-state index >= 15 is 0 Å². The van der Waals surface area contributed by atoms with Crippen molar-refractivity contribution in [3.8, 4) is 0 Å². The molecule has 0 saturated carbocycles. The Labute approximate surface area is 131 Å². The number of nitrogens with zero attached hydrogens (tertiary/aromatic N) is 2. The number of anilines is 2. The first-order chi connectivity index (χ1) is 9.69. The Morgan fingerprint density at radius 2 is 2.00 bits per heavy atom. The lowest BCUT2D eigenvalue weighted by Gasteiger charge is -2.26. The lowest BCUT2D eigenvalue weighted by molar-refractivity contribution is 0.344. The average Bonchev–Trinajstić information content (AvgIpc) is 2.69. The number of nitrogens with two attached hydrogens (primary N) is 1. The summed E-state index contributed by atoms with van der Waals surface area (Å²) in [5.74, 6) is 0.547. The third-order valence-corrected chi connectivity index (χ3v) is 6.04. The summed E-state index contributed by atoms with van der Waals surface area (Å²) in [7, 11) is 0.604. The molecular formula is C13H26N4O2S2. The molecule has 0 saturated heterocycles. The van der Waals surface area contributed by atoms with Gasteiger partial charge in [0, 0.05) is 12.6 Å². The van der Waals surface area contributed by atoms with E-state index in [9.17, 15) is 8.42 Å². The molecule has 6 nitrogen and oxygen atoms in total. The predicted molar refractivity (Wildman–Crippen MR) is 89.7 cm³/mol. The maximum Gasteiger partial charge on any atom is 0.185 e. The highest BCUT2D eigenvalue weighted by molar-refractivity contribution is 7.91. The zero-order chi connectivity index (χ0) is 16.2. The van der Waals surface area contributed by atoms with E-state index in [1.807, 2.05) is 21.0 Å². The van der Waals surface area contributed by atoms with Crippen LogP contribution in [0.5, 0.6) is 0 Å². The standard InChI is InChI=1S/C13H26N4O2S2/c1-6-7-21(18,19)11-12(14)16-20-13(11)15-10(9(2)3)8-17(4)5/h9-10,15H,6-8H2,1-5H3,(H2,14,16). The van der Waals surface area contributed by atoms with Gasteiger partial charge >= 0.3 is 0 Å². The Balaban J connectivity index is 3.09. The number of hydrogen-bond acceptors (Lipinski definition) is 7. The first-order valence-corrected chi connectivity index (χ1v) is 9.50. The van der Waals surface area contributed by atoms with Gasteiger partial charge in [0.25, 0.3) is 0 Å². The third-order valence-electron chi connectivity index (χ3n) is 3.14. The molecule has 1 unspecified atom stereocenters. The van der Waals surface area contributed by atoms with Gasteiger partial charge in [0.05, 0.1) is 5.75 Å². The van der Waals surface area contributed by atoms with Crippen molar-refractivity contribution in [2.45, 2.75) is 38.1 Å². The fourth-order valence-electron chi connectivity index (χ4n) is 2.04. The molecule has 0 bridgehead atoms. The molecule has 8 heteroatoms. The van der Waals surface area contributed by atoms with Crippen LogP contribution in [0.15, 0.2) is 4.90 Å². The summed E-state index contributed by atoms with van der Waals surface area (Å²) in [6.07, 6.45) is 0.558. The minimum Gasteiger partial charge on any atom is -0.382 e. The highest BCUT2D eigenvalue weighted by Gasteiger charge is 2.27. The monoisotopic (exact) mass is 334 g/mol. The van der Waals surface area contributed by atoms with E-state index in [1.54, 1.807) is 0 Å². The third kappa shape index (κ3) is 4.82. The van der Waals surface area contributed by atoms with E-state index in [-0.39, 0.29) is 22.5 Å². The molecule has 21 heavy (non-hydrogen) atoms. The zero-order valence-electron chi connectivity index (χ0n) is 13.4. The van der Waals surface area contributed by atoms with Crippen LogP contribution in [0.3, 0.4) is 0 Å². The van der Waals surface area contributed by atoms with Crippen molar-refractivity contribution >= 4 is 32.2 Å². The predicted octanol–water partition coefficient (Wildman–Crippen LogP) is 1.91. The van der Waals surface area contributed by atoms with Crippen LogP contribution >= 0.6 is 11.5 Å². The lowest BCUT2D eigenvalue weighted by Crippen LogP contribution is -2.36. The Kier molecular flexibility index (Phi) is 6.42. The van der Waals surface area contributed by atoms with Crippen molar-refractivity contribution < 1.29 is 8.42 Å². The minimum absolute atomic E-state index is 0.0876. The van der Waals surface area contributed by atoms with Gasteiger partial charge in [-0.2, -0.15) is 4.37 Å². The van der Waals surface area contributed by atoms with Crippen LogP contribution in [-0.2, 0) is 9.84 Å². The van der Waals surface area contributed by atoms with E-state index in [4.69, 9.17) is 5.73 Å². The number of aromatic nitrogens is 1. The van der Waals surface area contributed by atoms with Gasteiger partial charge in [-0.3, -0.25) is 0 Å². The molecule has 0 aromatic carbocycles. The van der Waals surface area contributed by atoms with Crippen molar-refractivity contribution in [1.82, 2.24) is 9.27 Å². The second-order valence-electron chi connectivity index (χ2n) is 5.80. The summed E-state index contributed by atoms with van der Waals surface area (Å²) in [6.45, 7) is 6.85. The number of nitrogen functional groups attached to an aromatic ring is 1. The molecule has 1 aromatic heterocycles. The molecule has 3 N–H and O–H groups in total. The van der Waals surface area contributed by atoms with Crippen LogP contribution in [0.1, 0.15) is 27.2 Å². The number of rotatable bonds is 8. The molecule has 0 aliphatic carbocycles. The molecule has 1 heterocycles. The lowest BCUT2D eigenvalue weighted by atomic mass is 10.0. The SMILES string of the molecule is CCCS(=O)(=O)c1c(N)nsc1NC(CN(C)C)C(C)C. The van der Waals surface area contributed by atoms with E-state index in [1.165, 1.54) is 0 Å². The van der Waals surface area contributed by atoms with E-state index in [2.05, 4.69) is 28.4 Å². The Morgan fingerprint density at radius 1 is 1.38 bits per heavy atom. The van der Waals surface area contributed by atoms with Crippen molar-refractivity contribution in [1.29, 1.82) is 0 Å². The molecule has 0 fully saturated rings. The normalized spacial score (nSPS) is 13.9. The molecule has 1 atom stereocenters. The summed E-state index contributed by atoms with van der Waals surface area (Å²) in [5, 5.41) is 3.88. The molecule has 1 rings (SSSR count). The summed E-state index contributed by atoms with van der Waals surface area (Å²) in [5.41, 5.74) is 5.78. The number of hydrogen-bond donors (Lipinski definition) is 2. The number of nitrogens with one attached hydrogen (secondary N) is 1. The Bertz CT molecular complexity index is 553. The van der Waals surface area contributed by atoms with Crippen molar-refractivity contribution in [3.63, 3.8) is 0 Å². The zero-order valence-corrected chi connectivity index (χ0v) is 15.0. The Morgan fingerprint density at radius 3 is 2.48 bits per heavy atom. The van der Waals surface area contributed by atoms with Crippen LogP contribution in [0, 0.1) is 5.92 Å². The summed E-state index contributed by atoms with van der Waals surface area (Å²) in [4.78, 5) is 2.24. The molecule has 0 aliphatic rings. The molecule has 0 spiro atoms. The minimum atomic E-state index is -3.38. The van der Waals surface area contributed by atoms with Gasteiger partial charge in [-0.1, -0.05) is 20.8 Å². The van der Waals surface area contributed by atoms with Gasteiger partial charge in [-0.15, -0.1) is 0 Å². The Hall–Kier alpha value is -0.860. The summed E-state index contributed by atoms with van der Waals surface area (Å²) >= 11 is 1.12. The summed E-state index contributed by atoms with van der Waals surface area (Å²) < 4.78 is 28.7. The first-order valence-electron chi connectivity index (χ1n) is 7.08. The van der Waals surface area contributed by atoms with Gasteiger partial charge in [-0.05, 0) is 38.0 Å². The molecule has 0 radical (unpaired) electrons. The number of likely N-dealkylation sites (N-methyl/N-ethyl adjacent to an activating group) is 1. The van der Waals surface area contributed by atoms with Crippen LogP contribution in [-0.4, -0.2) is 50.1 Å². The molecule has 0 aliphatic heterocycles. The topological polar surface area (TPSA) is 88.3 Å². The van der Waals surface area contributed by atoms with Gasteiger partial charge in [0.2, 0.25) is 0 Å². The highest BCUT2D eigenvalue weighted by Crippen LogP contribution is 2.33. The second-order valence-corrected chi connectivity index (χ2v) is 8.62. The molecule has 122 valence electrons. The highest BCUT2D eigenvalue weighted by atomic mass is 32.2. The van der Waals surface area contributed by atoms with Crippen molar-refractivity contribution in [3.05, 3.63) is 0 Å². The maximum absolute atomic E-state index is 12.3. The van der Waals surface area contributed by atoms with Gasteiger partial charge < -0.3 is 16.0 Å². The smallest absolute Gasteiger partial charge is 0.185 e. The van der Waals surface area contributed by atoms with Crippen LogP contribution in [0.4, 0.5) is 10.8 Å². The maximum atomic E-state index is 12.3. The first kappa shape index (κ1) is 18.2.